The molecule has 0 radical (unpaired) electrons. The molecule has 1 saturated carbocycles. The number of ether oxygens (including phenoxy) is 3. The van der Waals surface area contributed by atoms with E-state index in [0.29, 0.717) is 46.9 Å². The molecule has 0 spiro atoms. The van der Waals surface area contributed by atoms with Gasteiger partial charge in [-0.1, -0.05) is 52.2 Å². The molecule has 0 aliphatic heterocycles. The van der Waals surface area contributed by atoms with Gasteiger partial charge in [-0.3, -0.25) is 0 Å². The largest absolute Gasteiger partial charge is 0.493 e. The van der Waals surface area contributed by atoms with Crippen molar-refractivity contribution in [2.24, 2.45) is 23.5 Å². The Morgan fingerprint density at radius 2 is 1.87 bits per heavy atom. The first kappa shape index (κ1) is 30.3. The van der Waals surface area contributed by atoms with Crippen LogP contribution < -0.4 is 15.2 Å². The fourth-order valence-corrected chi connectivity index (χ4v) is 4.26. The Balaban J connectivity index is 1.71. The molecular formula is C34H44FNO3. The molecule has 2 aromatic rings. The van der Waals surface area contributed by atoms with Crippen LogP contribution in [0.25, 0.3) is 0 Å². The van der Waals surface area contributed by atoms with Crippen molar-refractivity contribution in [3.63, 3.8) is 0 Å². The van der Waals surface area contributed by atoms with Crippen LogP contribution in [0.15, 0.2) is 59.8 Å². The summed E-state index contributed by atoms with van der Waals surface area (Å²) in [6.07, 6.45) is 7.65. The number of benzene rings is 2. The van der Waals surface area contributed by atoms with Crippen LogP contribution >= 0.6 is 0 Å². The van der Waals surface area contributed by atoms with E-state index in [1.54, 1.807) is 0 Å². The van der Waals surface area contributed by atoms with Gasteiger partial charge in [-0.25, -0.2) is 4.39 Å². The second-order valence-corrected chi connectivity index (χ2v) is 10.5. The fraction of sp³-hybridized carbons (Fsp3) is 0.471. The van der Waals surface area contributed by atoms with Crippen LogP contribution in [-0.2, 0) is 11.3 Å². The lowest BCUT2D eigenvalue weighted by Crippen LogP contribution is -2.21. The molecule has 2 unspecified atom stereocenters. The first-order valence-electron chi connectivity index (χ1n) is 14.2. The van der Waals surface area contributed by atoms with Crippen LogP contribution in [0.5, 0.6) is 17.2 Å². The molecule has 210 valence electrons. The summed E-state index contributed by atoms with van der Waals surface area (Å²) < 4.78 is 33.1. The number of nitrogens with two attached hydrogens (primary N) is 1. The summed E-state index contributed by atoms with van der Waals surface area (Å²) >= 11 is 0. The van der Waals surface area contributed by atoms with Crippen LogP contribution in [0.4, 0.5) is 4.39 Å². The lowest BCUT2D eigenvalue weighted by Gasteiger charge is -2.21. The smallest absolute Gasteiger partial charge is 0.157 e. The van der Waals surface area contributed by atoms with E-state index < -0.39 is 11.9 Å². The summed E-state index contributed by atoms with van der Waals surface area (Å²) in [7, 11) is 0. The molecule has 1 aliphatic carbocycles. The molecule has 1 fully saturated rings. The SMILES string of the molecule is C/C=C(\C=C(\N)C(C#CCC)OCc1c(C)cc(Oc2cccc(OCC3CC3)c2)cc1F)C(C)[C@H](C)CC. The van der Waals surface area contributed by atoms with E-state index in [2.05, 4.69) is 38.7 Å². The van der Waals surface area contributed by atoms with Gasteiger partial charge < -0.3 is 19.9 Å². The summed E-state index contributed by atoms with van der Waals surface area (Å²) in [4.78, 5) is 0. The quantitative estimate of drug-likeness (QED) is 0.207. The fourth-order valence-electron chi connectivity index (χ4n) is 4.26. The van der Waals surface area contributed by atoms with Crippen molar-refractivity contribution in [2.75, 3.05) is 6.61 Å². The molecule has 0 bridgehead atoms. The Bertz CT molecular complexity index is 1200. The van der Waals surface area contributed by atoms with E-state index in [1.165, 1.54) is 18.9 Å². The molecule has 3 atom stereocenters. The van der Waals surface area contributed by atoms with Gasteiger partial charge in [0, 0.05) is 24.1 Å². The highest BCUT2D eigenvalue weighted by Gasteiger charge is 2.22. The number of hydrogen-bond acceptors (Lipinski definition) is 4. The van der Waals surface area contributed by atoms with Gasteiger partial charge in [0.15, 0.2) is 6.10 Å². The lowest BCUT2D eigenvalue weighted by atomic mass is 9.86. The van der Waals surface area contributed by atoms with E-state index in [1.807, 2.05) is 57.2 Å². The zero-order valence-electron chi connectivity index (χ0n) is 24.4. The number of hydrogen-bond donors (Lipinski definition) is 1. The molecule has 2 aromatic carbocycles. The van der Waals surface area contributed by atoms with Crippen LogP contribution in [0, 0.1) is 42.3 Å². The first-order chi connectivity index (χ1) is 18.7. The minimum Gasteiger partial charge on any atom is -0.493 e. The minimum atomic E-state index is -0.628. The van der Waals surface area contributed by atoms with Crippen molar-refractivity contribution in [3.05, 3.63) is 76.8 Å². The molecule has 5 heteroatoms. The Hall–Kier alpha value is -3.23. The standard InChI is InChI=1S/C34H44FNO3/c1-7-10-14-34(33(36)18-27(9-3)25(6)23(4)8-2)38-22-31-24(5)17-30(20-32(31)35)39-29-13-11-12-28(19-29)37-21-26-15-16-26/h9,11-13,17-20,23,25-26,34H,7-8,15-16,21-22,36H2,1-6H3/b27-9+,33-18+/t23-,25?,34?/m1/s1. The van der Waals surface area contributed by atoms with E-state index in [4.69, 9.17) is 19.9 Å². The number of rotatable bonds is 13. The third kappa shape index (κ3) is 9.18. The molecule has 3 rings (SSSR count). The Morgan fingerprint density at radius 1 is 1.13 bits per heavy atom. The maximum atomic E-state index is 15.2. The van der Waals surface area contributed by atoms with Gasteiger partial charge in [0.05, 0.1) is 18.9 Å². The summed E-state index contributed by atoms with van der Waals surface area (Å²) in [5.74, 6) is 9.11. The topological polar surface area (TPSA) is 53.7 Å². The third-order valence-corrected chi connectivity index (χ3v) is 7.41. The molecule has 0 saturated heterocycles. The summed E-state index contributed by atoms with van der Waals surface area (Å²) in [5, 5.41) is 0. The van der Waals surface area contributed by atoms with E-state index in [-0.39, 0.29) is 6.61 Å². The second-order valence-electron chi connectivity index (χ2n) is 10.5. The van der Waals surface area contributed by atoms with Crippen molar-refractivity contribution in [1.29, 1.82) is 0 Å². The van der Waals surface area contributed by atoms with E-state index >= 15 is 4.39 Å². The lowest BCUT2D eigenvalue weighted by molar-refractivity contribution is 0.0965. The third-order valence-electron chi connectivity index (χ3n) is 7.41. The summed E-state index contributed by atoms with van der Waals surface area (Å²) in [6, 6.07) is 10.7. The van der Waals surface area contributed by atoms with Gasteiger partial charge in [-0.2, -0.15) is 0 Å². The normalized spacial score (nSPS) is 16.2. The van der Waals surface area contributed by atoms with Gasteiger partial charge >= 0.3 is 0 Å². The average Bonchev–Trinajstić information content (AvgIpc) is 3.75. The molecule has 39 heavy (non-hydrogen) atoms. The highest BCUT2D eigenvalue weighted by Crippen LogP contribution is 2.32. The van der Waals surface area contributed by atoms with Crippen LogP contribution in [0.3, 0.4) is 0 Å². The number of allylic oxidation sites excluding steroid dienone is 3. The molecule has 0 aromatic heterocycles. The monoisotopic (exact) mass is 533 g/mol. The summed E-state index contributed by atoms with van der Waals surface area (Å²) in [6.45, 7) is 13.3. The van der Waals surface area contributed by atoms with Crippen LogP contribution in [-0.4, -0.2) is 12.7 Å². The number of halogens is 1. The van der Waals surface area contributed by atoms with Crippen LogP contribution in [0.1, 0.15) is 71.4 Å². The Kier molecular flexibility index (Phi) is 11.5. The molecule has 1 aliphatic rings. The molecule has 4 nitrogen and oxygen atoms in total. The minimum absolute atomic E-state index is 0.0477. The van der Waals surface area contributed by atoms with Gasteiger partial charge in [0.25, 0.3) is 0 Å². The van der Waals surface area contributed by atoms with Crippen molar-refractivity contribution in [2.45, 2.75) is 79.9 Å². The first-order valence-corrected chi connectivity index (χ1v) is 14.2. The molecular weight excluding hydrogens is 489 g/mol. The zero-order valence-corrected chi connectivity index (χ0v) is 24.4. The van der Waals surface area contributed by atoms with Crippen molar-refractivity contribution in [3.8, 4) is 29.1 Å². The van der Waals surface area contributed by atoms with Crippen molar-refractivity contribution >= 4 is 0 Å². The zero-order chi connectivity index (χ0) is 28.4. The van der Waals surface area contributed by atoms with E-state index in [0.717, 1.165) is 29.9 Å². The van der Waals surface area contributed by atoms with Crippen LogP contribution in [0.2, 0.25) is 0 Å². The Morgan fingerprint density at radius 3 is 2.51 bits per heavy atom. The second kappa shape index (κ2) is 14.8. The molecule has 0 heterocycles. The van der Waals surface area contributed by atoms with Gasteiger partial charge in [0.2, 0.25) is 0 Å². The molecule has 0 amide bonds. The van der Waals surface area contributed by atoms with Gasteiger partial charge in [-0.05, 0) is 79.9 Å². The highest BCUT2D eigenvalue weighted by atomic mass is 19.1. The van der Waals surface area contributed by atoms with Gasteiger partial charge in [-0.15, -0.1) is 5.92 Å². The highest BCUT2D eigenvalue weighted by molar-refractivity contribution is 5.41. The summed E-state index contributed by atoms with van der Waals surface area (Å²) in [5.41, 5.74) is 9.36. The van der Waals surface area contributed by atoms with E-state index in [9.17, 15) is 0 Å². The number of aryl methyl sites for hydroxylation is 1. The maximum Gasteiger partial charge on any atom is 0.157 e. The average molecular weight is 534 g/mol. The predicted octanol–water partition coefficient (Wildman–Crippen LogP) is 8.48. The van der Waals surface area contributed by atoms with Crippen molar-refractivity contribution < 1.29 is 18.6 Å². The van der Waals surface area contributed by atoms with Crippen molar-refractivity contribution in [1.82, 2.24) is 0 Å². The molecule has 2 N–H and O–H groups in total. The predicted molar refractivity (Wildman–Crippen MR) is 157 cm³/mol. The Labute approximate surface area is 234 Å². The van der Waals surface area contributed by atoms with Gasteiger partial charge in [0.1, 0.15) is 23.1 Å². The maximum absolute atomic E-state index is 15.2.